The Morgan fingerprint density at radius 3 is 2.18 bits per heavy atom. The van der Waals surface area contributed by atoms with E-state index < -0.39 is 0 Å². The Hall–Kier alpha value is -1.10. The minimum Gasteiger partial charge on any atom is -0.407 e. The molecule has 1 aromatic rings. The lowest BCUT2D eigenvalue weighted by atomic mass is 9.52. The molecule has 4 fully saturated rings. The highest BCUT2D eigenvalue weighted by atomic mass is 16.4. The van der Waals surface area contributed by atoms with Gasteiger partial charge >= 0.3 is 6.01 Å². The van der Waals surface area contributed by atoms with Gasteiger partial charge in [-0.3, -0.25) is 5.43 Å². The lowest BCUT2D eigenvalue weighted by Gasteiger charge is -2.53. The molecule has 4 aliphatic rings. The van der Waals surface area contributed by atoms with E-state index in [1.165, 1.54) is 32.1 Å². The standard InChI is InChI=1S/C12H18N4O/c13-14-12-16-15-11(17-12)10-8-2-6-1-7(4-8)5-9(10)3-6/h6-10H,1-5,13H2,(H,14,16). The second kappa shape index (κ2) is 3.45. The largest absolute Gasteiger partial charge is 0.407 e. The molecule has 0 amide bonds. The fourth-order valence-corrected chi connectivity index (χ4v) is 4.76. The molecule has 4 bridgehead atoms. The number of nitrogens with one attached hydrogen (secondary N) is 1. The summed E-state index contributed by atoms with van der Waals surface area (Å²) in [6, 6.07) is 0.341. The number of hydrazine groups is 1. The number of aromatic nitrogens is 2. The molecular formula is C12H18N4O. The van der Waals surface area contributed by atoms with Crippen LogP contribution in [0.25, 0.3) is 0 Å². The number of anilines is 1. The average molecular weight is 234 g/mol. The Morgan fingerprint density at radius 1 is 1.00 bits per heavy atom. The van der Waals surface area contributed by atoms with Crippen LogP contribution in [0.1, 0.15) is 43.9 Å². The number of nitrogen functional groups attached to an aromatic ring is 1. The van der Waals surface area contributed by atoms with E-state index in [2.05, 4.69) is 15.6 Å². The molecule has 92 valence electrons. The van der Waals surface area contributed by atoms with Crippen LogP contribution in [0, 0.1) is 23.7 Å². The summed E-state index contributed by atoms with van der Waals surface area (Å²) < 4.78 is 5.60. The highest BCUT2D eigenvalue weighted by molar-refractivity contribution is 5.16. The van der Waals surface area contributed by atoms with Crippen molar-refractivity contribution in [1.82, 2.24) is 10.2 Å². The molecule has 0 radical (unpaired) electrons. The number of nitrogens with two attached hydrogens (primary N) is 1. The molecule has 5 nitrogen and oxygen atoms in total. The molecule has 5 rings (SSSR count). The fourth-order valence-electron chi connectivity index (χ4n) is 4.76. The summed E-state index contributed by atoms with van der Waals surface area (Å²) in [6.45, 7) is 0. The SMILES string of the molecule is NNc1nnc(C2C3CC4CC(C3)CC2C4)o1. The van der Waals surface area contributed by atoms with Gasteiger partial charge in [0, 0.05) is 5.92 Å². The maximum absolute atomic E-state index is 5.60. The van der Waals surface area contributed by atoms with Crippen LogP contribution >= 0.6 is 0 Å². The molecule has 4 aliphatic carbocycles. The van der Waals surface area contributed by atoms with Crippen LogP contribution in [0.2, 0.25) is 0 Å². The van der Waals surface area contributed by atoms with Crippen LogP contribution in [0.5, 0.6) is 0 Å². The molecule has 0 unspecified atom stereocenters. The molecule has 0 atom stereocenters. The lowest BCUT2D eigenvalue weighted by Crippen LogP contribution is -2.43. The van der Waals surface area contributed by atoms with Gasteiger partial charge in [0.2, 0.25) is 5.89 Å². The van der Waals surface area contributed by atoms with Crippen LogP contribution in [0.3, 0.4) is 0 Å². The van der Waals surface area contributed by atoms with E-state index >= 15 is 0 Å². The Bertz CT molecular complexity index is 402. The van der Waals surface area contributed by atoms with Crippen molar-refractivity contribution in [3.63, 3.8) is 0 Å². The summed E-state index contributed by atoms with van der Waals surface area (Å²) in [5.74, 6) is 10.1. The second-order valence-corrected chi connectivity index (χ2v) is 6.05. The Labute approximate surface area is 100 Å². The van der Waals surface area contributed by atoms with E-state index in [1.807, 2.05) is 0 Å². The van der Waals surface area contributed by atoms with E-state index in [0.717, 1.165) is 29.6 Å². The van der Waals surface area contributed by atoms with E-state index in [1.54, 1.807) is 0 Å². The summed E-state index contributed by atoms with van der Waals surface area (Å²) in [6.07, 6.45) is 6.94. The third-order valence-electron chi connectivity index (χ3n) is 5.08. The molecule has 3 N–H and O–H groups in total. The van der Waals surface area contributed by atoms with Crippen LogP contribution in [0.15, 0.2) is 4.42 Å². The molecule has 1 heterocycles. The minimum atomic E-state index is 0.341. The maximum atomic E-state index is 5.60. The van der Waals surface area contributed by atoms with Gasteiger partial charge in [0.05, 0.1) is 0 Å². The molecule has 0 aliphatic heterocycles. The van der Waals surface area contributed by atoms with Crippen molar-refractivity contribution in [2.24, 2.45) is 29.5 Å². The first-order chi connectivity index (χ1) is 8.33. The Balaban J connectivity index is 1.65. The first-order valence-electron chi connectivity index (χ1n) is 6.63. The number of hydrogen-bond donors (Lipinski definition) is 2. The molecule has 0 spiro atoms. The van der Waals surface area contributed by atoms with Crippen molar-refractivity contribution in [2.75, 3.05) is 5.43 Å². The smallest absolute Gasteiger partial charge is 0.330 e. The van der Waals surface area contributed by atoms with Gasteiger partial charge in [0.1, 0.15) is 0 Å². The van der Waals surface area contributed by atoms with Crippen LogP contribution in [-0.2, 0) is 0 Å². The monoisotopic (exact) mass is 234 g/mol. The summed E-state index contributed by atoms with van der Waals surface area (Å²) in [5, 5.41) is 8.09. The first kappa shape index (κ1) is 9.88. The third-order valence-corrected chi connectivity index (χ3v) is 5.08. The molecule has 1 aromatic heterocycles. The topological polar surface area (TPSA) is 77.0 Å². The molecular weight excluding hydrogens is 216 g/mol. The number of hydrogen-bond acceptors (Lipinski definition) is 5. The van der Waals surface area contributed by atoms with E-state index in [-0.39, 0.29) is 0 Å². The summed E-state index contributed by atoms with van der Waals surface area (Å²) in [7, 11) is 0. The van der Waals surface area contributed by atoms with Gasteiger partial charge in [-0.05, 0) is 55.8 Å². The average Bonchev–Trinajstić information content (AvgIpc) is 2.76. The highest BCUT2D eigenvalue weighted by Gasteiger charge is 2.50. The van der Waals surface area contributed by atoms with Crippen molar-refractivity contribution in [2.45, 2.75) is 38.0 Å². The highest BCUT2D eigenvalue weighted by Crippen LogP contribution is 2.59. The van der Waals surface area contributed by atoms with E-state index in [4.69, 9.17) is 10.3 Å². The van der Waals surface area contributed by atoms with Gasteiger partial charge in [-0.2, -0.15) is 0 Å². The zero-order valence-corrected chi connectivity index (χ0v) is 9.80. The van der Waals surface area contributed by atoms with E-state index in [0.29, 0.717) is 11.9 Å². The molecule has 0 aromatic carbocycles. The van der Waals surface area contributed by atoms with Crippen LogP contribution < -0.4 is 11.3 Å². The third kappa shape index (κ3) is 1.41. The minimum absolute atomic E-state index is 0.341. The fraction of sp³-hybridized carbons (Fsp3) is 0.833. The zero-order valence-electron chi connectivity index (χ0n) is 9.80. The first-order valence-corrected chi connectivity index (χ1v) is 6.63. The zero-order chi connectivity index (χ0) is 11.4. The Kier molecular flexibility index (Phi) is 2.00. The van der Waals surface area contributed by atoms with Gasteiger partial charge in [-0.25, -0.2) is 5.84 Å². The van der Waals surface area contributed by atoms with Crippen molar-refractivity contribution in [3.8, 4) is 0 Å². The van der Waals surface area contributed by atoms with Gasteiger partial charge < -0.3 is 4.42 Å². The van der Waals surface area contributed by atoms with Crippen molar-refractivity contribution >= 4 is 6.01 Å². The predicted molar refractivity (Wildman–Crippen MR) is 61.9 cm³/mol. The number of nitrogens with zero attached hydrogens (tertiary/aromatic N) is 2. The maximum Gasteiger partial charge on any atom is 0.330 e. The van der Waals surface area contributed by atoms with Gasteiger partial charge in [0.25, 0.3) is 0 Å². The van der Waals surface area contributed by atoms with Gasteiger partial charge in [-0.15, -0.1) is 5.10 Å². The van der Waals surface area contributed by atoms with Crippen molar-refractivity contribution < 1.29 is 4.42 Å². The van der Waals surface area contributed by atoms with Crippen molar-refractivity contribution in [3.05, 3.63) is 5.89 Å². The Morgan fingerprint density at radius 2 is 1.65 bits per heavy atom. The van der Waals surface area contributed by atoms with Gasteiger partial charge in [-0.1, -0.05) is 5.10 Å². The van der Waals surface area contributed by atoms with Gasteiger partial charge in [0.15, 0.2) is 0 Å². The predicted octanol–water partition coefficient (Wildman–Crippen LogP) is 1.89. The van der Waals surface area contributed by atoms with E-state index in [9.17, 15) is 0 Å². The quantitative estimate of drug-likeness (QED) is 0.603. The number of rotatable bonds is 2. The lowest BCUT2D eigenvalue weighted by molar-refractivity contribution is -0.0113. The van der Waals surface area contributed by atoms with Crippen molar-refractivity contribution in [1.29, 1.82) is 0 Å². The normalized spacial score (nSPS) is 43.0. The molecule has 0 saturated heterocycles. The second-order valence-electron chi connectivity index (χ2n) is 6.05. The summed E-state index contributed by atoms with van der Waals surface area (Å²) in [4.78, 5) is 0. The summed E-state index contributed by atoms with van der Waals surface area (Å²) >= 11 is 0. The molecule has 4 saturated carbocycles. The van der Waals surface area contributed by atoms with Crippen LogP contribution in [-0.4, -0.2) is 10.2 Å². The molecule has 5 heteroatoms. The summed E-state index contributed by atoms with van der Waals surface area (Å²) in [5.41, 5.74) is 2.43. The van der Waals surface area contributed by atoms with Crippen LogP contribution in [0.4, 0.5) is 6.01 Å². The molecule has 17 heavy (non-hydrogen) atoms.